The summed E-state index contributed by atoms with van der Waals surface area (Å²) in [5.41, 5.74) is -1.06. The molecule has 0 spiro atoms. The molecule has 0 aliphatic heterocycles. The molecule has 0 heterocycles. The maximum absolute atomic E-state index is 7.48. The van der Waals surface area contributed by atoms with Crippen molar-refractivity contribution in [3.8, 4) is 0 Å². The maximum atomic E-state index is 7.48. The molecule has 0 aromatic rings. The highest BCUT2D eigenvalue weighted by molar-refractivity contribution is 6.13. The van der Waals surface area contributed by atoms with Crippen molar-refractivity contribution in [3.63, 3.8) is 0 Å². The van der Waals surface area contributed by atoms with E-state index in [-0.39, 0.29) is 0 Å². The first-order valence-electron chi connectivity index (χ1n) is 2.68. The molecule has 9 heteroatoms. The molecule has 0 fully saturated rings. The smallest absolute Gasteiger partial charge is 0.117 e. The Morgan fingerprint density at radius 2 is 1.50 bits per heavy atom. The molecule has 0 aromatic carbocycles. The predicted molar refractivity (Wildman–Crippen MR) is 30.1 cm³/mol. The molecule has 0 rings (SSSR count). The van der Waals surface area contributed by atoms with Crippen LogP contribution >= 0.6 is 0 Å². The van der Waals surface area contributed by atoms with Crippen LogP contribution in [0.25, 0.3) is 0 Å². The number of hydrogen-bond acceptors (Lipinski definition) is 8. The molecule has 0 amide bonds. The predicted octanol–water partition coefficient (Wildman–Crippen LogP) is -0.0298. The Labute approximate surface area is 68.7 Å². The summed E-state index contributed by atoms with van der Waals surface area (Å²) in [7, 11) is 5.26. The monoisotopic (exact) mass is 182 g/mol. The molecule has 12 heavy (non-hydrogen) atoms. The van der Waals surface area contributed by atoms with Crippen LogP contribution in [0.3, 0.4) is 0 Å². The lowest BCUT2D eigenvalue weighted by Crippen LogP contribution is -2.24. The summed E-state index contributed by atoms with van der Waals surface area (Å²) in [6.07, 6.45) is 0. The molecule has 2 radical (unpaired) electrons. The van der Waals surface area contributed by atoms with Crippen LogP contribution < -0.4 is 0 Å². The number of rotatable bonds is 7. The quantitative estimate of drug-likeness (QED) is 0.254. The standard InChI is InChI=1S/C3H7BO8/c1-3(2,4)6-8-10-12-11-9-7-5/h5H,1-2H3. The second-order valence-corrected chi connectivity index (χ2v) is 2.10. The highest BCUT2D eigenvalue weighted by atomic mass is 17.9. The highest BCUT2D eigenvalue weighted by Gasteiger charge is 2.11. The van der Waals surface area contributed by atoms with Gasteiger partial charge >= 0.3 is 0 Å². The van der Waals surface area contributed by atoms with Crippen LogP contribution in [0.1, 0.15) is 13.8 Å². The second-order valence-electron chi connectivity index (χ2n) is 2.10. The van der Waals surface area contributed by atoms with E-state index in [9.17, 15) is 0 Å². The van der Waals surface area contributed by atoms with Gasteiger partial charge in [0.25, 0.3) is 0 Å². The lowest BCUT2D eigenvalue weighted by molar-refractivity contribution is -0.814. The molecule has 0 aliphatic rings. The van der Waals surface area contributed by atoms with Gasteiger partial charge in [0.2, 0.25) is 0 Å². The third kappa shape index (κ3) is 9.74. The van der Waals surface area contributed by atoms with E-state index in [2.05, 4.69) is 35.1 Å². The van der Waals surface area contributed by atoms with Gasteiger partial charge in [0, 0.05) is 0 Å². The zero-order chi connectivity index (χ0) is 9.45. The Balaban J connectivity index is 3.01. The van der Waals surface area contributed by atoms with Crippen molar-refractivity contribution in [3.05, 3.63) is 0 Å². The summed E-state index contributed by atoms with van der Waals surface area (Å²) >= 11 is 0. The summed E-state index contributed by atoms with van der Waals surface area (Å²) in [6.45, 7) is 2.98. The largest absolute Gasteiger partial charge is 0.219 e. The first kappa shape index (κ1) is 11.7. The fourth-order valence-electron chi connectivity index (χ4n) is 0.148. The fraction of sp³-hybridized carbons (Fsp3) is 1.00. The molecule has 0 bridgehead atoms. The first-order chi connectivity index (χ1) is 5.56. The molecule has 1 N–H and O–H groups in total. The Hall–Kier alpha value is -0.255. The Kier molecular flexibility index (Phi) is 6.15. The van der Waals surface area contributed by atoms with Crippen molar-refractivity contribution in [2.75, 3.05) is 0 Å². The van der Waals surface area contributed by atoms with Crippen LogP contribution in [0.2, 0.25) is 0 Å². The molecular formula is C3H7BO8. The number of hydrogen-bond donors (Lipinski definition) is 1. The van der Waals surface area contributed by atoms with Crippen LogP contribution in [0, 0.1) is 0 Å². The molecule has 0 unspecified atom stereocenters. The molecule has 0 saturated carbocycles. The van der Waals surface area contributed by atoms with Crippen LogP contribution in [-0.4, -0.2) is 18.6 Å². The van der Waals surface area contributed by atoms with Gasteiger partial charge in [-0.1, -0.05) is 0 Å². The van der Waals surface area contributed by atoms with Gasteiger partial charge in [-0.15, -0.1) is 0 Å². The van der Waals surface area contributed by atoms with E-state index in [1.807, 2.05) is 0 Å². The second kappa shape index (κ2) is 6.28. The lowest BCUT2D eigenvalue weighted by Gasteiger charge is -2.14. The van der Waals surface area contributed by atoms with E-state index in [1.165, 1.54) is 13.8 Å². The van der Waals surface area contributed by atoms with Crippen molar-refractivity contribution >= 4 is 7.85 Å². The van der Waals surface area contributed by atoms with Gasteiger partial charge in [-0.05, 0) is 44.1 Å². The van der Waals surface area contributed by atoms with E-state index in [4.69, 9.17) is 13.1 Å². The van der Waals surface area contributed by atoms with E-state index < -0.39 is 5.50 Å². The minimum absolute atomic E-state index is 1.06. The van der Waals surface area contributed by atoms with Crippen molar-refractivity contribution in [1.82, 2.24) is 0 Å². The Morgan fingerprint density at radius 1 is 1.00 bits per heavy atom. The average molecular weight is 182 g/mol. The van der Waals surface area contributed by atoms with Crippen LogP contribution in [0.5, 0.6) is 0 Å². The molecule has 8 nitrogen and oxygen atoms in total. The summed E-state index contributed by atoms with van der Waals surface area (Å²) in [5, 5.41) is 28.3. The first-order valence-corrected chi connectivity index (χ1v) is 2.68. The summed E-state index contributed by atoms with van der Waals surface area (Å²) < 4.78 is 0. The Morgan fingerprint density at radius 3 is 2.00 bits per heavy atom. The molecule has 0 aliphatic carbocycles. The van der Waals surface area contributed by atoms with E-state index in [1.54, 1.807) is 0 Å². The van der Waals surface area contributed by atoms with Gasteiger partial charge in [0.05, 0.1) is 5.50 Å². The molecule has 0 aromatic heterocycles. The van der Waals surface area contributed by atoms with Gasteiger partial charge in [0.1, 0.15) is 7.85 Å². The van der Waals surface area contributed by atoms with Gasteiger partial charge in [-0.3, -0.25) is 0 Å². The average Bonchev–Trinajstić information content (AvgIpc) is 1.94. The highest BCUT2D eigenvalue weighted by Crippen LogP contribution is 2.02. The van der Waals surface area contributed by atoms with Gasteiger partial charge < -0.3 is 0 Å². The third-order valence-corrected chi connectivity index (χ3v) is 0.390. The van der Waals surface area contributed by atoms with Crippen LogP contribution in [0.15, 0.2) is 0 Å². The summed E-state index contributed by atoms with van der Waals surface area (Å²) in [5.74, 6) is 0. The SMILES string of the molecule is [B]C(C)(C)OOOOOOOO. The topological polar surface area (TPSA) is 84.8 Å². The Bertz CT molecular complexity index is 101. The van der Waals surface area contributed by atoms with Crippen molar-refractivity contribution in [2.45, 2.75) is 19.3 Å². The minimum Gasteiger partial charge on any atom is -0.219 e. The maximum Gasteiger partial charge on any atom is 0.117 e. The lowest BCUT2D eigenvalue weighted by atomic mass is 9.86. The van der Waals surface area contributed by atoms with Gasteiger partial charge in [0.15, 0.2) is 0 Å². The molecule has 0 atom stereocenters. The van der Waals surface area contributed by atoms with E-state index in [0.29, 0.717) is 0 Å². The van der Waals surface area contributed by atoms with E-state index >= 15 is 0 Å². The van der Waals surface area contributed by atoms with E-state index in [0.717, 1.165) is 0 Å². The van der Waals surface area contributed by atoms with Crippen LogP contribution in [0.4, 0.5) is 0 Å². The summed E-state index contributed by atoms with van der Waals surface area (Å²) in [6, 6.07) is 0. The summed E-state index contributed by atoms with van der Waals surface area (Å²) in [4.78, 5) is 4.30. The molecule has 70 valence electrons. The zero-order valence-electron chi connectivity index (χ0n) is 6.38. The fourth-order valence-corrected chi connectivity index (χ4v) is 0.148. The molecule has 0 saturated heterocycles. The molecular weight excluding hydrogens is 175 g/mol. The normalized spacial score (nSPS) is 11.9. The third-order valence-electron chi connectivity index (χ3n) is 0.390. The van der Waals surface area contributed by atoms with Gasteiger partial charge in [-0.25, -0.2) is 10.1 Å². The van der Waals surface area contributed by atoms with Gasteiger partial charge in [-0.2, -0.15) is 0 Å². The van der Waals surface area contributed by atoms with Crippen molar-refractivity contribution in [2.24, 2.45) is 0 Å². The minimum atomic E-state index is -1.06. The van der Waals surface area contributed by atoms with Crippen molar-refractivity contribution < 1.29 is 40.4 Å². The zero-order valence-corrected chi connectivity index (χ0v) is 6.38. The van der Waals surface area contributed by atoms with Crippen LogP contribution in [-0.2, 0) is 35.1 Å². The van der Waals surface area contributed by atoms with Crippen molar-refractivity contribution in [1.29, 1.82) is 0 Å².